The van der Waals surface area contributed by atoms with E-state index in [4.69, 9.17) is 0 Å². The minimum Gasteiger partial charge on any atom is -0.314 e. The van der Waals surface area contributed by atoms with Gasteiger partial charge < -0.3 is 5.32 Å². The van der Waals surface area contributed by atoms with Crippen LogP contribution in [0.1, 0.15) is 31.5 Å². The summed E-state index contributed by atoms with van der Waals surface area (Å²) in [5.74, 6) is 0. The monoisotopic (exact) mass is 192 g/mol. The van der Waals surface area contributed by atoms with E-state index >= 15 is 0 Å². The molecule has 0 spiro atoms. The van der Waals surface area contributed by atoms with Crippen LogP contribution in [0.15, 0.2) is 18.3 Å². The summed E-state index contributed by atoms with van der Waals surface area (Å²) in [6.07, 6.45) is 4.13. The second-order valence-electron chi connectivity index (χ2n) is 3.89. The van der Waals surface area contributed by atoms with Gasteiger partial charge in [-0.1, -0.05) is 13.0 Å². The Kier molecular flexibility index (Phi) is 4.60. The van der Waals surface area contributed by atoms with Gasteiger partial charge in [-0.05, 0) is 38.4 Å². The van der Waals surface area contributed by atoms with Gasteiger partial charge in [-0.3, -0.25) is 4.98 Å². The Labute approximate surface area is 86.8 Å². The van der Waals surface area contributed by atoms with Crippen molar-refractivity contribution in [1.29, 1.82) is 0 Å². The highest BCUT2D eigenvalue weighted by Crippen LogP contribution is 2.01. The topological polar surface area (TPSA) is 24.9 Å². The van der Waals surface area contributed by atoms with E-state index in [1.54, 1.807) is 0 Å². The van der Waals surface area contributed by atoms with Crippen molar-refractivity contribution in [2.75, 3.05) is 6.54 Å². The molecule has 1 aromatic rings. The zero-order valence-corrected chi connectivity index (χ0v) is 9.38. The molecule has 0 aliphatic rings. The maximum Gasteiger partial charge on any atom is 0.0419 e. The molecule has 1 heterocycles. The number of nitrogens with zero attached hydrogens (tertiary/aromatic N) is 1. The first-order valence-corrected chi connectivity index (χ1v) is 5.37. The van der Waals surface area contributed by atoms with Gasteiger partial charge in [0.15, 0.2) is 0 Å². The van der Waals surface area contributed by atoms with Crippen LogP contribution in [0.25, 0.3) is 0 Å². The van der Waals surface area contributed by atoms with E-state index in [1.807, 2.05) is 6.20 Å². The molecule has 0 aromatic carbocycles. The Bertz CT molecular complexity index is 254. The minimum atomic E-state index is 0.519. The molecule has 0 aliphatic heterocycles. The molecule has 0 amide bonds. The molecule has 1 unspecified atom stereocenters. The fourth-order valence-electron chi connectivity index (χ4n) is 1.40. The Morgan fingerprint density at radius 3 is 2.79 bits per heavy atom. The van der Waals surface area contributed by atoms with Crippen molar-refractivity contribution in [3.8, 4) is 0 Å². The summed E-state index contributed by atoms with van der Waals surface area (Å²) in [7, 11) is 0. The molecule has 2 nitrogen and oxygen atoms in total. The normalized spacial score (nSPS) is 12.8. The molecule has 0 bridgehead atoms. The van der Waals surface area contributed by atoms with Crippen LogP contribution in [0.3, 0.4) is 0 Å². The average Bonchev–Trinajstić information content (AvgIpc) is 2.18. The molecule has 0 fully saturated rings. The predicted molar refractivity (Wildman–Crippen MR) is 60.4 cm³/mol. The number of hydrogen-bond acceptors (Lipinski definition) is 2. The second kappa shape index (κ2) is 5.76. The first kappa shape index (κ1) is 11.2. The molecular weight excluding hydrogens is 172 g/mol. The highest BCUT2D eigenvalue weighted by Gasteiger charge is 2.02. The summed E-state index contributed by atoms with van der Waals surface area (Å²) >= 11 is 0. The Morgan fingerprint density at radius 1 is 1.43 bits per heavy atom. The van der Waals surface area contributed by atoms with Gasteiger partial charge in [-0.25, -0.2) is 0 Å². The van der Waals surface area contributed by atoms with E-state index in [0.717, 1.165) is 13.0 Å². The summed E-state index contributed by atoms with van der Waals surface area (Å²) in [4.78, 5) is 4.39. The minimum absolute atomic E-state index is 0.519. The lowest BCUT2D eigenvalue weighted by atomic mass is 10.1. The van der Waals surface area contributed by atoms with Gasteiger partial charge in [-0.15, -0.1) is 0 Å². The Morgan fingerprint density at radius 2 is 2.21 bits per heavy atom. The molecular formula is C12H20N2. The van der Waals surface area contributed by atoms with Crippen molar-refractivity contribution >= 4 is 0 Å². The maximum absolute atomic E-state index is 4.39. The lowest BCUT2D eigenvalue weighted by molar-refractivity contribution is 0.538. The maximum atomic E-state index is 4.39. The van der Waals surface area contributed by atoms with Crippen LogP contribution in [0.4, 0.5) is 0 Å². The highest BCUT2D eigenvalue weighted by atomic mass is 14.9. The predicted octanol–water partition coefficient (Wildman–Crippen LogP) is 2.32. The summed E-state index contributed by atoms with van der Waals surface area (Å²) in [5.41, 5.74) is 2.40. The largest absolute Gasteiger partial charge is 0.314 e. The van der Waals surface area contributed by atoms with E-state index in [-0.39, 0.29) is 0 Å². The van der Waals surface area contributed by atoms with E-state index in [2.05, 4.69) is 43.2 Å². The zero-order chi connectivity index (χ0) is 10.4. The number of nitrogens with one attached hydrogen (secondary N) is 1. The van der Waals surface area contributed by atoms with Crippen molar-refractivity contribution in [2.24, 2.45) is 0 Å². The highest BCUT2D eigenvalue weighted by molar-refractivity contribution is 5.12. The van der Waals surface area contributed by atoms with Gasteiger partial charge in [0.25, 0.3) is 0 Å². The number of aromatic nitrogens is 1. The van der Waals surface area contributed by atoms with E-state index in [1.165, 1.54) is 17.7 Å². The molecule has 1 N–H and O–H groups in total. The van der Waals surface area contributed by atoms with Crippen LogP contribution >= 0.6 is 0 Å². The zero-order valence-electron chi connectivity index (χ0n) is 9.38. The van der Waals surface area contributed by atoms with E-state index in [9.17, 15) is 0 Å². The molecule has 1 atom stereocenters. The third-order valence-corrected chi connectivity index (χ3v) is 2.23. The van der Waals surface area contributed by atoms with Gasteiger partial charge in [0.2, 0.25) is 0 Å². The fraction of sp³-hybridized carbons (Fsp3) is 0.583. The van der Waals surface area contributed by atoms with Crippen molar-refractivity contribution in [2.45, 2.75) is 39.7 Å². The van der Waals surface area contributed by atoms with Crippen LogP contribution in [-0.2, 0) is 6.42 Å². The number of aryl methyl sites for hydroxylation is 1. The average molecular weight is 192 g/mol. The molecule has 1 rings (SSSR count). The van der Waals surface area contributed by atoms with Crippen molar-refractivity contribution in [3.63, 3.8) is 0 Å². The van der Waals surface area contributed by atoms with Crippen molar-refractivity contribution in [1.82, 2.24) is 10.3 Å². The van der Waals surface area contributed by atoms with Gasteiger partial charge >= 0.3 is 0 Å². The van der Waals surface area contributed by atoms with Gasteiger partial charge in [-0.2, -0.15) is 0 Å². The molecule has 0 aliphatic carbocycles. The quantitative estimate of drug-likeness (QED) is 0.774. The number of pyridine rings is 1. The first-order chi connectivity index (χ1) is 6.72. The lowest BCUT2D eigenvalue weighted by Gasteiger charge is -2.12. The molecule has 14 heavy (non-hydrogen) atoms. The van der Waals surface area contributed by atoms with Crippen molar-refractivity contribution < 1.29 is 0 Å². The Hall–Kier alpha value is -0.890. The smallest absolute Gasteiger partial charge is 0.0419 e. The molecule has 2 heteroatoms. The lowest BCUT2D eigenvalue weighted by Crippen LogP contribution is -2.28. The fourth-order valence-corrected chi connectivity index (χ4v) is 1.40. The molecule has 0 radical (unpaired) electrons. The summed E-state index contributed by atoms with van der Waals surface area (Å²) in [6.45, 7) is 7.55. The van der Waals surface area contributed by atoms with Gasteiger partial charge in [0.1, 0.15) is 0 Å². The van der Waals surface area contributed by atoms with Crippen molar-refractivity contribution in [3.05, 3.63) is 29.6 Å². The van der Waals surface area contributed by atoms with Crippen LogP contribution in [-0.4, -0.2) is 17.6 Å². The summed E-state index contributed by atoms with van der Waals surface area (Å²) < 4.78 is 0. The number of rotatable bonds is 5. The first-order valence-electron chi connectivity index (χ1n) is 5.37. The van der Waals surface area contributed by atoms with Gasteiger partial charge in [0, 0.05) is 24.4 Å². The van der Waals surface area contributed by atoms with Crippen LogP contribution in [0.5, 0.6) is 0 Å². The third-order valence-electron chi connectivity index (χ3n) is 2.23. The SMILES string of the molecule is CCCNC(C)Cc1ccc(C)cn1. The van der Waals surface area contributed by atoms with Crippen LogP contribution in [0, 0.1) is 6.92 Å². The summed E-state index contributed by atoms with van der Waals surface area (Å²) in [5, 5.41) is 3.46. The van der Waals surface area contributed by atoms with Gasteiger partial charge in [0.05, 0.1) is 0 Å². The Balaban J connectivity index is 2.39. The molecule has 78 valence electrons. The van der Waals surface area contributed by atoms with E-state index in [0.29, 0.717) is 6.04 Å². The molecule has 0 saturated heterocycles. The molecule has 1 aromatic heterocycles. The standard InChI is InChI=1S/C12H20N2/c1-4-7-13-11(3)8-12-6-5-10(2)9-14-12/h5-6,9,11,13H,4,7-8H2,1-3H3. The summed E-state index contributed by atoms with van der Waals surface area (Å²) in [6, 6.07) is 4.75. The van der Waals surface area contributed by atoms with Crippen LogP contribution in [0.2, 0.25) is 0 Å². The third kappa shape index (κ3) is 3.88. The second-order valence-corrected chi connectivity index (χ2v) is 3.89. The van der Waals surface area contributed by atoms with E-state index < -0.39 is 0 Å². The number of hydrogen-bond donors (Lipinski definition) is 1. The molecule has 0 saturated carbocycles. The van der Waals surface area contributed by atoms with Crippen LogP contribution < -0.4 is 5.32 Å².